The lowest BCUT2D eigenvalue weighted by Gasteiger charge is -2.11. The Kier molecular flexibility index (Phi) is 4.19. The molecule has 0 saturated carbocycles. The fraction of sp³-hybridized carbons (Fsp3) is 0.308. The van der Waals surface area contributed by atoms with E-state index in [1.54, 1.807) is 31.2 Å². The Morgan fingerprint density at radius 1 is 1.35 bits per heavy atom. The summed E-state index contributed by atoms with van der Waals surface area (Å²) in [5.41, 5.74) is 0.616. The van der Waals surface area contributed by atoms with Gasteiger partial charge in [0.05, 0.1) is 7.11 Å². The van der Waals surface area contributed by atoms with E-state index in [4.69, 9.17) is 9.26 Å². The topological polar surface area (TPSA) is 86.5 Å². The fourth-order valence-corrected chi connectivity index (χ4v) is 1.52. The van der Waals surface area contributed by atoms with Crippen LogP contribution < -0.4 is 10.1 Å². The molecule has 1 aromatic carbocycles. The molecular weight excluding hydrogens is 262 g/mol. The number of anilines is 1. The smallest absolute Gasteiger partial charge is 0.411 e. The largest absolute Gasteiger partial charge is 0.481 e. The number of methoxy groups -OCH3 is 1. The van der Waals surface area contributed by atoms with Gasteiger partial charge in [0.1, 0.15) is 5.75 Å². The molecule has 0 aliphatic rings. The number of rotatable bonds is 4. The van der Waals surface area contributed by atoms with Gasteiger partial charge >= 0.3 is 6.09 Å². The molecule has 1 heterocycles. The minimum atomic E-state index is -0.520. The number of carbonyl (C=O) groups is 1. The highest BCUT2D eigenvalue weighted by Gasteiger charge is 2.14. The summed E-state index contributed by atoms with van der Waals surface area (Å²) in [4.78, 5) is 15.1. The third kappa shape index (κ3) is 3.47. The molecule has 0 saturated heterocycles. The molecule has 7 nitrogen and oxygen atoms in total. The highest BCUT2D eigenvalue weighted by molar-refractivity contribution is 5.84. The summed E-state index contributed by atoms with van der Waals surface area (Å²) in [5.74, 6) is 1.61. The van der Waals surface area contributed by atoms with E-state index in [1.165, 1.54) is 7.11 Å². The fourth-order valence-electron chi connectivity index (χ4n) is 1.52. The predicted octanol–water partition coefficient (Wildman–Crippen LogP) is 2.70. The zero-order chi connectivity index (χ0) is 14.5. The van der Waals surface area contributed by atoms with E-state index in [1.807, 2.05) is 6.92 Å². The van der Waals surface area contributed by atoms with Crippen LogP contribution in [0.4, 0.5) is 10.5 Å². The van der Waals surface area contributed by atoms with E-state index < -0.39 is 6.09 Å². The van der Waals surface area contributed by atoms with Gasteiger partial charge in [-0.1, -0.05) is 5.16 Å². The highest BCUT2D eigenvalue weighted by Crippen LogP contribution is 2.22. The normalized spacial score (nSPS) is 11.8. The lowest BCUT2D eigenvalue weighted by molar-refractivity contribution is 0.175. The molecule has 106 valence electrons. The summed E-state index contributed by atoms with van der Waals surface area (Å²) < 4.78 is 15.2. The summed E-state index contributed by atoms with van der Waals surface area (Å²) in [6.45, 7) is 3.56. The minimum absolute atomic E-state index is 0.351. The van der Waals surface area contributed by atoms with Gasteiger partial charge in [-0.05, 0) is 38.1 Å². The number of aromatic nitrogens is 2. The van der Waals surface area contributed by atoms with Crippen molar-refractivity contribution in [3.63, 3.8) is 0 Å². The van der Waals surface area contributed by atoms with Gasteiger partial charge in [-0.3, -0.25) is 5.32 Å². The second kappa shape index (κ2) is 6.05. The zero-order valence-corrected chi connectivity index (χ0v) is 11.4. The molecule has 1 atom stereocenters. The van der Waals surface area contributed by atoms with Crippen LogP contribution in [-0.4, -0.2) is 23.3 Å². The van der Waals surface area contributed by atoms with Crippen LogP contribution in [0.1, 0.15) is 24.7 Å². The molecule has 0 bridgehead atoms. The molecule has 2 rings (SSSR count). The van der Waals surface area contributed by atoms with Crippen LogP contribution >= 0.6 is 0 Å². The number of amides is 1. The molecule has 1 aromatic heterocycles. The van der Waals surface area contributed by atoms with Crippen molar-refractivity contribution in [2.75, 3.05) is 12.4 Å². The molecule has 20 heavy (non-hydrogen) atoms. The van der Waals surface area contributed by atoms with Gasteiger partial charge < -0.3 is 14.0 Å². The van der Waals surface area contributed by atoms with Crippen LogP contribution in [-0.2, 0) is 4.74 Å². The Morgan fingerprint density at radius 2 is 2.05 bits per heavy atom. The van der Waals surface area contributed by atoms with E-state index in [9.17, 15) is 4.79 Å². The van der Waals surface area contributed by atoms with Crippen LogP contribution in [0.15, 0.2) is 28.8 Å². The average molecular weight is 277 g/mol. The third-order valence-electron chi connectivity index (χ3n) is 2.49. The molecular formula is C13H15N3O4. The van der Waals surface area contributed by atoms with Crippen molar-refractivity contribution < 1.29 is 18.8 Å². The number of carbonyl (C=O) groups excluding carboxylic acids is 1. The lowest BCUT2D eigenvalue weighted by atomic mass is 10.3. The van der Waals surface area contributed by atoms with Crippen LogP contribution in [0.5, 0.6) is 5.75 Å². The van der Waals surface area contributed by atoms with Crippen molar-refractivity contribution in [1.82, 2.24) is 10.1 Å². The van der Waals surface area contributed by atoms with Gasteiger partial charge in [-0.25, -0.2) is 4.79 Å². The monoisotopic (exact) mass is 277 g/mol. The molecule has 0 radical (unpaired) electrons. The average Bonchev–Trinajstić information content (AvgIpc) is 2.87. The molecule has 2 aromatic rings. The van der Waals surface area contributed by atoms with Gasteiger partial charge in [0.15, 0.2) is 11.9 Å². The summed E-state index contributed by atoms with van der Waals surface area (Å²) in [7, 11) is 1.31. The zero-order valence-electron chi connectivity index (χ0n) is 11.4. The molecule has 7 heteroatoms. The first-order valence-electron chi connectivity index (χ1n) is 6.00. The van der Waals surface area contributed by atoms with E-state index in [-0.39, 0.29) is 6.10 Å². The molecule has 1 amide bonds. The van der Waals surface area contributed by atoms with Crippen molar-refractivity contribution >= 4 is 11.8 Å². The maximum Gasteiger partial charge on any atom is 0.411 e. The first-order chi connectivity index (χ1) is 9.58. The summed E-state index contributed by atoms with van der Waals surface area (Å²) in [6.07, 6.45) is -0.871. The molecule has 0 fully saturated rings. The standard InChI is InChI=1S/C13H15N3O4/c1-8(12-14-9(2)16-20-12)19-11-6-4-10(5-7-11)15-13(17)18-3/h4-8H,1-3H3,(H,15,17)/t8-/m0/s1. The van der Waals surface area contributed by atoms with Gasteiger partial charge in [-0.15, -0.1) is 0 Å². The van der Waals surface area contributed by atoms with E-state index in [0.717, 1.165) is 0 Å². The van der Waals surface area contributed by atoms with Crippen molar-refractivity contribution in [2.24, 2.45) is 0 Å². The first kappa shape index (κ1) is 13.9. The highest BCUT2D eigenvalue weighted by atomic mass is 16.5. The molecule has 0 unspecified atom stereocenters. The predicted molar refractivity (Wildman–Crippen MR) is 70.5 cm³/mol. The quantitative estimate of drug-likeness (QED) is 0.924. The van der Waals surface area contributed by atoms with Gasteiger partial charge in [-0.2, -0.15) is 4.98 Å². The summed E-state index contributed by atoms with van der Waals surface area (Å²) in [5, 5.41) is 6.26. The van der Waals surface area contributed by atoms with Crippen molar-refractivity contribution in [3.05, 3.63) is 36.0 Å². The van der Waals surface area contributed by atoms with E-state index in [2.05, 4.69) is 20.2 Å². The Bertz CT molecular complexity index is 580. The Hall–Kier alpha value is -2.57. The second-order valence-electron chi connectivity index (χ2n) is 4.08. The molecule has 0 spiro atoms. The van der Waals surface area contributed by atoms with Crippen LogP contribution in [0.25, 0.3) is 0 Å². The lowest BCUT2D eigenvalue weighted by Crippen LogP contribution is -2.10. The Morgan fingerprint density at radius 3 is 2.60 bits per heavy atom. The van der Waals surface area contributed by atoms with Crippen LogP contribution in [0.3, 0.4) is 0 Å². The number of hydrogen-bond acceptors (Lipinski definition) is 6. The molecule has 0 aliphatic carbocycles. The SMILES string of the molecule is COC(=O)Nc1ccc(O[C@@H](C)c2nc(C)no2)cc1. The van der Waals surface area contributed by atoms with E-state index >= 15 is 0 Å². The third-order valence-corrected chi connectivity index (χ3v) is 2.49. The minimum Gasteiger partial charge on any atom is -0.481 e. The number of nitrogens with one attached hydrogen (secondary N) is 1. The molecule has 0 aliphatic heterocycles. The Labute approximate surface area is 115 Å². The van der Waals surface area contributed by atoms with Crippen LogP contribution in [0.2, 0.25) is 0 Å². The Balaban J connectivity index is 1.98. The van der Waals surface area contributed by atoms with Crippen molar-refractivity contribution in [2.45, 2.75) is 20.0 Å². The first-order valence-corrected chi connectivity index (χ1v) is 6.00. The maximum atomic E-state index is 11.0. The summed E-state index contributed by atoms with van der Waals surface area (Å²) >= 11 is 0. The van der Waals surface area contributed by atoms with Crippen molar-refractivity contribution in [3.8, 4) is 5.75 Å². The van der Waals surface area contributed by atoms with Gasteiger partial charge in [0, 0.05) is 5.69 Å². The van der Waals surface area contributed by atoms with E-state index in [0.29, 0.717) is 23.2 Å². The maximum absolute atomic E-state index is 11.0. The van der Waals surface area contributed by atoms with Gasteiger partial charge in [0.2, 0.25) is 0 Å². The molecule has 1 N–H and O–H groups in total. The van der Waals surface area contributed by atoms with Gasteiger partial charge in [0.25, 0.3) is 5.89 Å². The number of hydrogen-bond donors (Lipinski definition) is 1. The number of benzene rings is 1. The van der Waals surface area contributed by atoms with Crippen LogP contribution in [0, 0.1) is 6.92 Å². The second-order valence-corrected chi connectivity index (χ2v) is 4.08. The van der Waals surface area contributed by atoms with Crippen molar-refractivity contribution in [1.29, 1.82) is 0 Å². The number of ether oxygens (including phenoxy) is 2. The summed E-state index contributed by atoms with van der Waals surface area (Å²) in [6, 6.07) is 6.87. The number of nitrogens with zero attached hydrogens (tertiary/aromatic N) is 2. The number of aryl methyl sites for hydroxylation is 1.